The zero-order valence-corrected chi connectivity index (χ0v) is 15.9. The Kier molecular flexibility index (Phi) is 5.21. The number of carbonyl (C=O) groups is 4. The number of rotatable bonds is 5. The van der Waals surface area contributed by atoms with Crippen LogP contribution in [0.1, 0.15) is 43.9 Å². The first-order valence-corrected chi connectivity index (χ1v) is 9.43. The lowest BCUT2D eigenvalue weighted by molar-refractivity contribution is -0.122. The van der Waals surface area contributed by atoms with E-state index in [2.05, 4.69) is 15.8 Å². The van der Waals surface area contributed by atoms with E-state index in [1.165, 1.54) is 17.3 Å². The monoisotopic (exact) mass is 402 g/mol. The topological polar surface area (TPSA) is 108 Å². The lowest BCUT2D eigenvalue weighted by Gasteiger charge is -2.27. The van der Waals surface area contributed by atoms with Gasteiger partial charge in [0.15, 0.2) is 0 Å². The maximum atomic E-state index is 12.8. The average Bonchev–Trinajstić information content (AvgIpc) is 2.78. The van der Waals surface area contributed by atoms with Crippen molar-refractivity contribution in [3.8, 4) is 0 Å². The summed E-state index contributed by atoms with van der Waals surface area (Å²) in [6.45, 7) is 0.104. The van der Waals surface area contributed by atoms with Gasteiger partial charge in [-0.1, -0.05) is 24.3 Å². The van der Waals surface area contributed by atoms with Crippen LogP contribution in [0.2, 0.25) is 0 Å². The van der Waals surface area contributed by atoms with E-state index in [-0.39, 0.29) is 31.2 Å². The van der Waals surface area contributed by atoms with Crippen molar-refractivity contribution in [1.29, 1.82) is 0 Å². The number of amides is 4. The highest BCUT2D eigenvalue weighted by atomic mass is 16.2. The molecule has 1 aromatic heterocycles. The normalized spacial score (nSPS) is 12.7. The summed E-state index contributed by atoms with van der Waals surface area (Å²) in [6.07, 6.45) is 3.23. The van der Waals surface area contributed by atoms with Gasteiger partial charge in [-0.05, 0) is 36.1 Å². The fourth-order valence-corrected chi connectivity index (χ4v) is 3.44. The standard InChI is InChI=1S/C22H18N4O4/c27-18(24-25-20(28)15-7-3-11-23-13-15)10-4-12-26-21(29)16-8-1-5-14-6-2-9-17(19(14)16)22(26)30/h1-3,5-9,11,13H,4,10,12H2,(H,24,27)(H,25,28). The highest BCUT2D eigenvalue weighted by molar-refractivity contribution is 6.25. The molecule has 0 unspecified atom stereocenters. The van der Waals surface area contributed by atoms with Crippen LogP contribution in [0.4, 0.5) is 0 Å². The minimum Gasteiger partial charge on any atom is -0.274 e. The van der Waals surface area contributed by atoms with Gasteiger partial charge < -0.3 is 0 Å². The second-order valence-corrected chi connectivity index (χ2v) is 6.82. The van der Waals surface area contributed by atoms with Crippen LogP contribution in [-0.4, -0.2) is 40.1 Å². The number of pyridine rings is 1. The van der Waals surface area contributed by atoms with Gasteiger partial charge in [-0.2, -0.15) is 0 Å². The van der Waals surface area contributed by atoms with Gasteiger partial charge in [0.05, 0.1) is 5.56 Å². The Hall–Kier alpha value is -4.07. The average molecular weight is 402 g/mol. The van der Waals surface area contributed by atoms with Gasteiger partial charge in [-0.3, -0.25) is 39.9 Å². The Bertz CT molecular complexity index is 1110. The van der Waals surface area contributed by atoms with Gasteiger partial charge in [0.25, 0.3) is 17.7 Å². The summed E-state index contributed by atoms with van der Waals surface area (Å²) in [5, 5.41) is 1.51. The van der Waals surface area contributed by atoms with Crippen LogP contribution >= 0.6 is 0 Å². The molecule has 0 atom stereocenters. The van der Waals surface area contributed by atoms with Crippen LogP contribution in [0.15, 0.2) is 60.9 Å². The molecule has 2 N–H and O–H groups in total. The quantitative estimate of drug-likeness (QED) is 0.502. The maximum Gasteiger partial charge on any atom is 0.271 e. The second kappa shape index (κ2) is 8.12. The molecule has 0 radical (unpaired) electrons. The Morgan fingerprint density at radius 3 is 2.23 bits per heavy atom. The molecule has 0 spiro atoms. The lowest BCUT2D eigenvalue weighted by atomic mass is 9.94. The van der Waals surface area contributed by atoms with Crippen molar-refractivity contribution in [2.24, 2.45) is 0 Å². The lowest BCUT2D eigenvalue weighted by Crippen LogP contribution is -2.43. The molecule has 8 heteroatoms. The SMILES string of the molecule is O=C(CCCN1C(=O)c2cccc3cccc(c23)C1=O)NNC(=O)c1cccnc1. The molecule has 2 aromatic carbocycles. The third kappa shape index (κ3) is 3.62. The molecule has 4 amide bonds. The van der Waals surface area contributed by atoms with Crippen LogP contribution in [0.3, 0.4) is 0 Å². The Labute approximate surface area is 171 Å². The molecule has 0 bridgehead atoms. The van der Waals surface area contributed by atoms with Crippen molar-refractivity contribution in [1.82, 2.24) is 20.7 Å². The molecular formula is C22H18N4O4. The fraction of sp³-hybridized carbons (Fsp3) is 0.136. The molecule has 30 heavy (non-hydrogen) atoms. The van der Waals surface area contributed by atoms with Gasteiger partial charge in [0.1, 0.15) is 0 Å². The predicted octanol–water partition coefficient (Wildman–Crippen LogP) is 2.07. The van der Waals surface area contributed by atoms with E-state index in [1.807, 2.05) is 12.1 Å². The molecule has 150 valence electrons. The van der Waals surface area contributed by atoms with E-state index >= 15 is 0 Å². The second-order valence-electron chi connectivity index (χ2n) is 6.82. The van der Waals surface area contributed by atoms with Gasteiger partial charge in [-0.15, -0.1) is 0 Å². The van der Waals surface area contributed by atoms with Crippen molar-refractivity contribution in [2.75, 3.05) is 6.54 Å². The van der Waals surface area contributed by atoms with E-state index in [0.717, 1.165) is 5.39 Å². The maximum absolute atomic E-state index is 12.8. The smallest absolute Gasteiger partial charge is 0.271 e. The van der Waals surface area contributed by atoms with Crippen molar-refractivity contribution in [3.63, 3.8) is 0 Å². The third-order valence-electron chi connectivity index (χ3n) is 4.88. The highest BCUT2D eigenvalue weighted by Gasteiger charge is 2.32. The number of nitrogens with one attached hydrogen (secondary N) is 2. The zero-order valence-electron chi connectivity index (χ0n) is 15.9. The molecule has 3 aromatic rings. The van der Waals surface area contributed by atoms with E-state index in [9.17, 15) is 19.2 Å². The molecule has 0 aliphatic carbocycles. The predicted molar refractivity (Wildman–Crippen MR) is 108 cm³/mol. The van der Waals surface area contributed by atoms with Crippen LogP contribution < -0.4 is 10.9 Å². The summed E-state index contributed by atoms with van der Waals surface area (Å²) < 4.78 is 0. The van der Waals surface area contributed by atoms with Crippen LogP contribution in [0.25, 0.3) is 10.8 Å². The van der Waals surface area contributed by atoms with E-state index in [4.69, 9.17) is 0 Å². The molecule has 0 saturated carbocycles. The first-order valence-electron chi connectivity index (χ1n) is 9.43. The van der Waals surface area contributed by atoms with Gasteiger partial charge in [0, 0.05) is 41.9 Å². The first kappa shape index (κ1) is 19.3. The molecule has 4 rings (SSSR count). The number of benzene rings is 2. The molecule has 1 aliphatic heterocycles. The number of imide groups is 1. The van der Waals surface area contributed by atoms with E-state index in [0.29, 0.717) is 22.1 Å². The van der Waals surface area contributed by atoms with E-state index in [1.54, 1.807) is 36.4 Å². The van der Waals surface area contributed by atoms with Gasteiger partial charge in [0.2, 0.25) is 5.91 Å². The Morgan fingerprint density at radius 1 is 0.900 bits per heavy atom. The number of hydrazine groups is 1. The van der Waals surface area contributed by atoms with Gasteiger partial charge >= 0.3 is 0 Å². The number of nitrogens with zero attached hydrogens (tertiary/aromatic N) is 2. The first-order chi connectivity index (χ1) is 14.6. The Balaban J connectivity index is 1.34. The van der Waals surface area contributed by atoms with Crippen molar-refractivity contribution in [3.05, 3.63) is 77.6 Å². The number of carbonyl (C=O) groups excluding carboxylic acids is 4. The minimum atomic E-state index is -0.484. The third-order valence-corrected chi connectivity index (χ3v) is 4.88. The number of hydrogen-bond acceptors (Lipinski definition) is 5. The van der Waals surface area contributed by atoms with Crippen LogP contribution in [0, 0.1) is 0 Å². The minimum absolute atomic E-state index is 0.0379. The van der Waals surface area contributed by atoms with Gasteiger partial charge in [-0.25, -0.2) is 0 Å². The summed E-state index contributed by atoms with van der Waals surface area (Å²) in [4.78, 5) is 54.5. The molecule has 2 heterocycles. The Morgan fingerprint density at radius 2 is 1.60 bits per heavy atom. The van der Waals surface area contributed by atoms with Crippen LogP contribution in [0.5, 0.6) is 0 Å². The molecule has 8 nitrogen and oxygen atoms in total. The van der Waals surface area contributed by atoms with Crippen molar-refractivity contribution < 1.29 is 19.2 Å². The molecule has 0 saturated heterocycles. The zero-order chi connectivity index (χ0) is 21.1. The molecule has 0 fully saturated rings. The highest BCUT2D eigenvalue weighted by Crippen LogP contribution is 2.29. The fourth-order valence-electron chi connectivity index (χ4n) is 3.44. The summed E-state index contributed by atoms with van der Waals surface area (Å²) >= 11 is 0. The van der Waals surface area contributed by atoms with E-state index < -0.39 is 11.8 Å². The largest absolute Gasteiger partial charge is 0.274 e. The summed E-state index contributed by atoms with van der Waals surface area (Å²) in [5.74, 6) is -1.64. The van der Waals surface area contributed by atoms with Crippen molar-refractivity contribution in [2.45, 2.75) is 12.8 Å². The van der Waals surface area contributed by atoms with Crippen LogP contribution in [-0.2, 0) is 4.79 Å². The molecule has 1 aliphatic rings. The molecular weight excluding hydrogens is 384 g/mol. The summed E-state index contributed by atoms with van der Waals surface area (Å²) in [5.41, 5.74) is 5.90. The summed E-state index contributed by atoms with van der Waals surface area (Å²) in [7, 11) is 0. The number of hydrogen-bond donors (Lipinski definition) is 2. The van der Waals surface area contributed by atoms with Crippen molar-refractivity contribution >= 4 is 34.4 Å². The number of aromatic nitrogens is 1. The summed E-state index contributed by atoms with van der Waals surface area (Å²) in [6, 6.07) is 13.9.